The zero-order chi connectivity index (χ0) is 11.0. The molecule has 0 amide bonds. The Morgan fingerprint density at radius 3 is 2.67 bits per heavy atom. The zero-order valence-corrected chi connectivity index (χ0v) is 9.22. The molecule has 78 valence electrons. The number of hydrogen-bond donors (Lipinski definition) is 0. The average Bonchev–Trinajstić information content (AvgIpc) is 2.46. The largest absolute Gasteiger partial charge is 0.233 e. The summed E-state index contributed by atoms with van der Waals surface area (Å²) >= 11 is 11.4. The number of halogens is 3. The van der Waals surface area contributed by atoms with Crippen molar-refractivity contribution in [3.63, 3.8) is 0 Å². The van der Waals surface area contributed by atoms with Crippen LogP contribution in [0, 0.1) is 12.7 Å². The fraction of sp³-hybridized carbons (Fsp3) is 0.111. The Hall–Kier alpha value is -1.13. The first-order valence-electron chi connectivity index (χ1n) is 4.11. The summed E-state index contributed by atoms with van der Waals surface area (Å²) in [5.74, 6) is -0.462. The van der Waals surface area contributed by atoms with Crippen molar-refractivity contribution >= 4 is 23.2 Å². The van der Waals surface area contributed by atoms with Gasteiger partial charge in [-0.25, -0.2) is 14.1 Å². The van der Waals surface area contributed by atoms with Gasteiger partial charge in [-0.05, 0) is 13.0 Å². The van der Waals surface area contributed by atoms with Crippen molar-refractivity contribution in [1.82, 2.24) is 14.8 Å². The highest BCUT2D eigenvalue weighted by Gasteiger charge is 2.10. The SMILES string of the molecule is Cc1nn(-c2ncc(Cl)cc2F)cc1Cl. The van der Waals surface area contributed by atoms with Gasteiger partial charge in [-0.15, -0.1) is 0 Å². The average molecular weight is 246 g/mol. The Labute approximate surface area is 95.5 Å². The molecule has 0 fully saturated rings. The second-order valence-electron chi connectivity index (χ2n) is 2.97. The lowest BCUT2D eigenvalue weighted by Crippen LogP contribution is -2.01. The maximum Gasteiger partial charge on any atom is 0.189 e. The summed E-state index contributed by atoms with van der Waals surface area (Å²) in [6.07, 6.45) is 2.85. The number of nitrogens with zero attached hydrogens (tertiary/aromatic N) is 3. The Morgan fingerprint density at radius 1 is 1.40 bits per heavy atom. The maximum absolute atomic E-state index is 13.4. The first-order valence-corrected chi connectivity index (χ1v) is 4.86. The fourth-order valence-corrected chi connectivity index (χ4v) is 1.40. The predicted molar refractivity (Wildman–Crippen MR) is 56.1 cm³/mol. The number of hydrogen-bond acceptors (Lipinski definition) is 2. The van der Waals surface area contributed by atoms with E-state index in [9.17, 15) is 4.39 Å². The third kappa shape index (κ3) is 1.96. The van der Waals surface area contributed by atoms with E-state index in [2.05, 4.69) is 10.1 Å². The van der Waals surface area contributed by atoms with Gasteiger partial charge in [0.05, 0.1) is 21.9 Å². The van der Waals surface area contributed by atoms with E-state index in [1.807, 2.05) is 0 Å². The van der Waals surface area contributed by atoms with E-state index < -0.39 is 5.82 Å². The van der Waals surface area contributed by atoms with Crippen molar-refractivity contribution < 1.29 is 4.39 Å². The number of pyridine rings is 1. The summed E-state index contributed by atoms with van der Waals surface area (Å²) < 4.78 is 14.7. The van der Waals surface area contributed by atoms with E-state index in [0.29, 0.717) is 10.7 Å². The standard InChI is InChI=1S/C9H6Cl2FN3/c1-5-7(11)4-15(14-5)9-8(12)2-6(10)3-13-9/h2-4H,1H3. The molecule has 2 aromatic heterocycles. The number of aromatic nitrogens is 3. The predicted octanol–water partition coefficient (Wildman–Crippen LogP) is 3.02. The van der Waals surface area contributed by atoms with Crippen LogP contribution in [0.3, 0.4) is 0 Å². The van der Waals surface area contributed by atoms with Gasteiger partial charge in [-0.3, -0.25) is 0 Å². The molecule has 0 aromatic carbocycles. The molecule has 15 heavy (non-hydrogen) atoms. The molecule has 0 N–H and O–H groups in total. The molecule has 0 radical (unpaired) electrons. The number of aryl methyl sites for hydroxylation is 1. The van der Waals surface area contributed by atoms with E-state index in [0.717, 1.165) is 0 Å². The van der Waals surface area contributed by atoms with Gasteiger partial charge in [-0.2, -0.15) is 5.10 Å². The summed E-state index contributed by atoms with van der Waals surface area (Å²) in [5, 5.41) is 4.72. The first-order chi connectivity index (χ1) is 7.08. The van der Waals surface area contributed by atoms with Crippen molar-refractivity contribution in [2.24, 2.45) is 0 Å². The highest BCUT2D eigenvalue weighted by Crippen LogP contribution is 2.18. The normalized spacial score (nSPS) is 10.7. The van der Waals surface area contributed by atoms with Crippen LogP contribution in [0.25, 0.3) is 5.82 Å². The van der Waals surface area contributed by atoms with Gasteiger partial charge in [0.1, 0.15) is 0 Å². The van der Waals surface area contributed by atoms with Crippen LogP contribution < -0.4 is 0 Å². The quantitative estimate of drug-likeness (QED) is 0.774. The molecule has 2 aromatic rings. The van der Waals surface area contributed by atoms with E-state index in [-0.39, 0.29) is 10.8 Å². The van der Waals surface area contributed by atoms with Crippen LogP contribution in [0.4, 0.5) is 4.39 Å². The summed E-state index contributed by atoms with van der Waals surface area (Å²) in [7, 11) is 0. The van der Waals surface area contributed by atoms with Crippen molar-refractivity contribution in [3.05, 3.63) is 40.0 Å². The van der Waals surface area contributed by atoms with E-state index in [1.165, 1.54) is 23.1 Å². The minimum absolute atomic E-state index is 0.0781. The van der Waals surface area contributed by atoms with Crippen LogP contribution in [0.2, 0.25) is 10.0 Å². The summed E-state index contributed by atoms with van der Waals surface area (Å²) in [6, 6.07) is 1.18. The van der Waals surface area contributed by atoms with Gasteiger partial charge >= 0.3 is 0 Å². The minimum atomic E-state index is -0.540. The minimum Gasteiger partial charge on any atom is -0.233 e. The first kappa shape index (κ1) is 10.4. The van der Waals surface area contributed by atoms with E-state index >= 15 is 0 Å². The van der Waals surface area contributed by atoms with Gasteiger partial charge in [-0.1, -0.05) is 23.2 Å². The van der Waals surface area contributed by atoms with Crippen LogP contribution >= 0.6 is 23.2 Å². The van der Waals surface area contributed by atoms with Crippen molar-refractivity contribution in [2.45, 2.75) is 6.92 Å². The smallest absolute Gasteiger partial charge is 0.189 e. The number of rotatable bonds is 1. The molecule has 0 saturated carbocycles. The Morgan fingerprint density at radius 2 is 2.13 bits per heavy atom. The summed E-state index contributed by atoms with van der Waals surface area (Å²) in [5.41, 5.74) is 0.618. The second kappa shape index (κ2) is 3.79. The summed E-state index contributed by atoms with van der Waals surface area (Å²) in [4.78, 5) is 3.84. The third-order valence-electron chi connectivity index (χ3n) is 1.84. The molecule has 6 heteroatoms. The Bertz CT molecular complexity index is 491. The fourth-order valence-electron chi connectivity index (χ4n) is 1.12. The lowest BCUT2D eigenvalue weighted by Gasteiger charge is -2.01. The van der Waals surface area contributed by atoms with E-state index in [4.69, 9.17) is 23.2 Å². The van der Waals surface area contributed by atoms with E-state index in [1.54, 1.807) is 6.92 Å². The van der Waals surface area contributed by atoms with Crippen molar-refractivity contribution in [1.29, 1.82) is 0 Å². The van der Waals surface area contributed by atoms with Gasteiger partial charge in [0.2, 0.25) is 0 Å². The topological polar surface area (TPSA) is 30.7 Å². The van der Waals surface area contributed by atoms with Crippen molar-refractivity contribution in [2.75, 3.05) is 0 Å². The summed E-state index contributed by atoms with van der Waals surface area (Å²) in [6.45, 7) is 1.73. The van der Waals surface area contributed by atoms with Gasteiger partial charge in [0, 0.05) is 6.20 Å². The van der Waals surface area contributed by atoms with Crippen LogP contribution in [0.1, 0.15) is 5.69 Å². The molecule has 2 rings (SSSR count). The molecule has 3 nitrogen and oxygen atoms in total. The molecule has 0 aliphatic carbocycles. The molecule has 0 aliphatic heterocycles. The lowest BCUT2D eigenvalue weighted by atomic mass is 10.4. The monoisotopic (exact) mass is 245 g/mol. The molecular weight excluding hydrogens is 240 g/mol. The Balaban J connectivity index is 2.54. The Kier molecular flexibility index (Phi) is 2.63. The van der Waals surface area contributed by atoms with Crippen LogP contribution in [0.5, 0.6) is 0 Å². The van der Waals surface area contributed by atoms with Crippen LogP contribution in [0.15, 0.2) is 18.5 Å². The maximum atomic E-state index is 13.4. The molecule has 0 saturated heterocycles. The highest BCUT2D eigenvalue weighted by molar-refractivity contribution is 6.31. The molecule has 0 aliphatic rings. The third-order valence-corrected chi connectivity index (χ3v) is 2.42. The molecule has 0 atom stereocenters. The van der Waals surface area contributed by atoms with Gasteiger partial charge in [0.15, 0.2) is 11.6 Å². The van der Waals surface area contributed by atoms with Gasteiger partial charge < -0.3 is 0 Å². The van der Waals surface area contributed by atoms with Crippen LogP contribution in [-0.4, -0.2) is 14.8 Å². The molecular formula is C9H6Cl2FN3. The zero-order valence-electron chi connectivity index (χ0n) is 7.71. The molecule has 0 spiro atoms. The molecule has 0 unspecified atom stereocenters. The van der Waals surface area contributed by atoms with Crippen LogP contribution in [-0.2, 0) is 0 Å². The van der Waals surface area contributed by atoms with Crippen molar-refractivity contribution in [3.8, 4) is 5.82 Å². The second-order valence-corrected chi connectivity index (χ2v) is 3.81. The molecule has 2 heterocycles. The highest BCUT2D eigenvalue weighted by atomic mass is 35.5. The van der Waals surface area contributed by atoms with Gasteiger partial charge in [0.25, 0.3) is 0 Å². The lowest BCUT2D eigenvalue weighted by molar-refractivity contribution is 0.600. The molecule has 0 bridgehead atoms.